The molecule has 0 saturated carbocycles. The zero-order valence-electron chi connectivity index (χ0n) is 37.0. The minimum Gasteiger partial charge on any atom is -0.507 e. The molecular formula is C46H53N3O19. The maximum Gasteiger partial charge on any atom is 0.256 e. The Labute approximate surface area is 387 Å². The minimum atomic E-state index is -2.39. The van der Waals surface area contributed by atoms with Gasteiger partial charge in [0, 0.05) is 61.6 Å². The number of aliphatic hydroxyl groups excluding tert-OH is 4. The minimum absolute atomic E-state index is 0.00867. The fraction of sp³-hybridized carbons (Fsp3) is 0.457. The van der Waals surface area contributed by atoms with Gasteiger partial charge in [0.15, 0.2) is 23.6 Å². The normalized spacial score (nSPS) is 21.6. The number of ether oxygens (including phenoxy) is 4. The highest BCUT2D eigenvalue weighted by Crippen LogP contribution is 2.52. The summed E-state index contributed by atoms with van der Waals surface area (Å²) in [6, 6.07) is 5.83. The second-order valence-corrected chi connectivity index (χ2v) is 16.8. The first-order valence-corrected chi connectivity index (χ1v) is 21.6. The smallest absolute Gasteiger partial charge is 0.256 e. The van der Waals surface area contributed by atoms with Crippen LogP contribution < -0.4 is 25.8 Å². The van der Waals surface area contributed by atoms with E-state index in [2.05, 4.69) is 10.6 Å². The number of phenols is 3. The Hall–Kier alpha value is -6.53. The summed E-state index contributed by atoms with van der Waals surface area (Å²) in [5.41, 5.74) is 0.457. The van der Waals surface area contributed by atoms with Gasteiger partial charge in [-0.15, -0.1) is 0 Å². The molecule has 1 fully saturated rings. The van der Waals surface area contributed by atoms with Gasteiger partial charge in [0.1, 0.15) is 46.6 Å². The van der Waals surface area contributed by atoms with Gasteiger partial charge < -0.3 is 76.2 Å². The van der Waals surface area contributed by atoms with E-state index in [-0.39, 0.29) is 109 Å². The van der Waals surface area contributed by atoms with E-state index in [1.807, 2.05) is 0 Å². The van der Waals surface area contributed by atoms with E-state index in [1.54, 1.807) is 0 Å². The molecule has 366 valence electrons. The van der Waals surface area contributed by atoms with Crippen molar-refractivity contribution < 1.29 is 93.4 Å². The maximum atomic E-state index is 13.9. The average Bonchev–Trinajstić information content (AvgIpc) is 3.30. The number of ketones is 4. The number of nitrogens with two attached hydrogens (primary N) is 1. The fourth-order valence-corrected chi connectivity index (χ4v) is 8.70. The third kappa shape index (κ3) is 10.5. The van der Waals surface area contributed by atoms with Gasteiger partial charge in [-0.05, 0) is 37.5 Å². The van der Waals surface area contributed by atoms with Crippen LogP contribution in [-0.4, -0.2) is 145 Å². The van der Waals surface area contributed by atoms with E-state index in [0.717, 1.165) is 0 Å². The Morgan fingerprint density at radius 3 is 2.19 bits per heavy atom. The molecule has 0 bridgehead atoms. The zero-order valence-corrected chi connectivity index (χ0v) is 37.0. The molecule has 3 amide bonds. The van der Waals surface area contributed by atoms with Gasteiger partial charge in [-0.3, -0.25) is 33.6 Å². The first-order valence-electron chi connectivity index (χ1n) is 21.6. The van der Waals surface area contributed by atoms with Crippen molar-refractivity contribution in [1.82, 2.24) is 5.32 Å². The number of primary amides is 1. The lowest BCUT2D eigenvalue weighted by molar-refractivity contribution is -0.225. The zero-order chi connectivity index (χ0) is 49.8. The molecule has 3 aromatic carbocycles. The number of hydrogen-bond donors (Lipinski definition) is 11. The van der Waals surface area contributed by atoms with Crippen molar-refractivity contribution in [2.45, 2.75) is 107 Å². The molecule has 0 aromatic heterocycles. The maximum absolute atomic E-state index is 13.9. The molecule has 22 nitrogen and oxygen atoms in total. The first kappa shape index (κ1) is 50.9. The van der Waals surface area contributed by atoms with E-state index >= 15 is 0 Å². The highest BCUT2D eigenvalue weighted by molar-refractivity contribution is 6.31. The number of anilines is 1. The molecule has 3 aromatic rings. The predicted molar refractivity (Wildman–Crippen MR) is 232 cm³/mol. The first-order chi connectivity index (χ1) is 32.2. The Morgan fingerprint density at radius 2 is 1.53 bits per heavy atom. The van der Waals surface area contributed by atoms with Crippen LogP contribution in [0.1, 0.15) is 117 Å². The number of methoxy groups -OCH3 is 2. The van der Waals surface area contributed by atoms with Gasteiger partial charge >= 0.3 is 0 Å². The van der Waals surface area contributed by atoms with Gasteiger partial charge in [-0.1, -0.05) is 12.1 Å². The quantitative estimate of drug-likeness (QED) is 0.0417. The Kier molecular flexibility index (Phi) is 15.9. The number of amides is 3. The van der Waals surface area contributed by atoms with Crippen molar-refractivity contribution in [3.63, 3.8) is 0 Å². The van der Waals surface area contributed by atoms with Crippen LogP contribution in [0.2, 0.25) is 0 Å². The number of carbonyl (C=O) groups is 7. The van der Waals surface area contributed by atoms with E-state index in [9.17, 15) is 74.4 Å². The number of nitrogens with one attached hydrogen (secondary N) is 2. The number of fused-ring (bicyclic) bond motifs is 3. The second kappa shape index (κ2) is 21.2. The molecule has 0 spiro atoms. The SMILES string of the molecule is COc1cccc2c1C(=O)c1c(O)c3c(c(O)c1C2=O)C[C@@](O)(C(=O)CO)C[C@H]3O[C@@H]1C[C@H](NC(=O)CCCC(=O)CCC(O)C(O)CCC(=O)Nc2ccc(OC)c(C(N)=O)c2O)[C@H](O)CO1. The van der Waals surface area contributed by atoms with Crippen LogP contribution in [0.3, 0.4) is 0 Å². The van der Waals surface area contributed by atoms with Crippen LogP contribution in [0.5, 0.6) is 28.7 Å². The molecule has 12 N–H and O–H groups in total. The summed E-state index contributed by atoms with van der Waals surface area (Å²) in [7, 11) is 2.54. The Morgan fingerprint density at radius 1 is 0.853 bits per heavy atom. The summed E-state index contributed by atoms with van der Waals surface area (Å²) in [6.45, 7) is -1.51. The van der Waals surface area contributed by atoms with Crippen LogP contribution in [0.25, 0.3) is 0 Å². The van der Waals surface area contributed by atoms with Crippen molar-refractivity contribution in [3.8, 4) is 28.7 Å². The van der Waals surface area contributed by atoms with Crippen molar-refractivity contribution in [2.75, 3.05) is 32.8 Å². The van der Waals surface area contributed by atoms with Gasteiger partial charge in [0.25, 0.3) is 5.91 Å². The van der Waals surface area contributed by atoms with Crippen molar-refractivity contribution in [2.24, 2.45) is 5.73 Å². The molecule has 1 heterocycles. The molecule has 0 radical (unpaired) electrons. The molecule has 6 rings (SSSR count). The average molecular weight is 952 g/mol. The third-order valence-corrected chi connectivity index (χ3v) is 12.3. The summed E-state index contributed by atoms with van der Waals surface area (Å²) < 4.78 is 22.1. The van der Waals surface area contributed by atoms with Crippen molar-refractivity contribution >= 4 is 46.5 Å². The largest absolute Gasteiger partial charge is 0.507 e. The van der Waals surface area contributed by atoms with Gasteiger partial charge in [-0.2, -0.15) is 0 Å². The number of hydrogen-bond acceptors (Lipinski definition) is 19. The van der Waals surface area contributed by atoms with E-state index in [1.165, 1.54) is 44.6 Å². The summed E-state index contributed by atoms with van der Waals surface area (Å²) in [6.07, 6.45) is -9.41. The van der Waals surface area contributed by atoms with Crippen LogP contribution in [0, 0.1) is 0 Å². The highest BCUT2D eigenvalue weighted by atomic mass is 16.7. The van der Waals surface area contributed by atoms with Crippen molar-refractivity contribution in [1.29, 1.82) is 0 Å². The highest BCUT2D eigenvalue weighted by Gasteiger charge is 2.50. The summed E-state index contributed by atoms with van der Waals surface area (Å²) in [5, 5.41) is 91.6. The second-order valence-electron chi connectivity index (χ2n) is 16.8. The third-order valence-electron chi connectivity index (χ3n) is 12.3. The number of phenolic OH excluding ortho intramolecular Hbond substituents is 2. The molecule has 2 aliphatic carbocycles. The monoisotopic (exact) mass is 951 g/mol. The van der Waals surface area contributed by atoms with Gasteiger partial charge in [0.05, 0.1) is 73.7 Å². The van der Waals surface area contributed by atoms with Crippen LogP contribution in [-0.2, 0) is 35.1 Å². The number of rotatable bonds is 20. The summed E-state index contributed by atoms with van der Waals surface area (Å²) in [5.74, 6) is -7.50. The number of carbonyl (C=O) groups excluding carboxylic acids is 7. The topological polar surface area (TPSA) is 368 Å². The van der Waals surface area contributed by atoms with Gasteiger partial charge in [-0.25, -0.2) is 0 Å². The summed E-state index contributed by atoms with van der Waals surface area (Å²) in [4.78, 5) is 90.5. The number of aromatic hydroxyl groups is 3. The van der Waals surface area contributed by atoms with E-state index in [4.69, 9.17) is 24.7 Å². The number of aliphatic hydroxyl groups is 5. The molecule has 7 atom stereocenters. The number of benzene rings is 3. The molecule has 2 unspecified atom stereocenters. The van der Waals surface area contributed by atoms with E-state index < -0.39 is 125 Å². The predicted octanol–water partition coefficient (Wildman–Crippen LogP) is 0.244. The van der Waals surface area contributed by atoms with Crippen molar-refractivity contribution in [3.05, 3.63) is 69.3 Å². The molecule has 1 saturated heterocycles. The lowest BCUT2D eigenvalue weighted by atomic mass is 9.72. The number of Topliss-reactive ketones (excluding diaryl/α,β-unsaturated/α-hetero) is 2. The van der Waals surface area contributed by atoms with Crippen LogP contribution in [0.4, 0.5) is 5.69 Å². The molecule has 3 aliphatic rings. The van der Waals surface area contributed by atoms with Crippen LogP contribution >= 0.6 is 0 Å². The lowest BCUT2D eigenvalue weighted by Gasteiger charge is -2.41. The van der Waals surface area contributed by atoms with E-state index in [0.29, 0.717) is 0 Å². The Bertz CT molecular complexity index is 2510. The summed E-state index contributed by atoms with van der Waals surface area (Å²) >= 11 is 0. The molecule has 22 heteroatoms. The standard InChI is InChI=1S/C46H53N3O19/c1-65-28-7-4-6-21-35(28)43(61)39-38(40(21)58)41(59)22-16-46(64,31(55)18-50)17-30(36(22)44(39)62)68-34-15-24(27(54)19-67-34)49-32(56)8-3-5-20(51)9-11-25(52)26(53)12-14-33(57)48-23-10-13-29(66-2)37(42(23)60)45(47)63/h4,6-7,10,13,24-27,30,34,50,52-54,59-60,62,64H,3,5,8-9,11-12,14-19H2,1-2H3,(H2,47,63)(H,48,57)(H,49,56)/t24-,25?,26?,27+,30+,34+,46-/m0/s1. The molecule has 1 aliphatic heterocycles. The molecular weight excluding hydrogens is 899 g/mol. The molecule has 68 heavy (non-hydrogen) atoms. The fourth-order valence-electron chi connectivity index (χ4n) is 8.70. The van der Waals surface area contributed by atoms with Crippen LogP contribution in [0.15, 0.2) is 30.3 Å². The lowest BCUT2D eigenvalue weighted by Crippen LogP contribution is -2.52. The Balaban J connectivity index is 1.02. The van der Waals surface area contributed by atoms with Gasteiger partial charge in [0.2, 0.25) is 17.6 Å².